The van der Waals surface area contributed by atoms with Crippen LogP contribution in [0.4, 0.5) is 5.69 Å². The minimum Gasteiger partial charge on any atom is -0.497 e. The molecule has 3 aromatic rings. The number of methoxy groups -OCH3 is 2. The zero-order chi connectivity index (χ0) is 18.5. The zero-order valence-corrected chi connectivity index (χ0v) is 15.2. The van der Waals surface area contributed by atoms with Crippen molar-refractivity contribution in [2.45, 2.75) is 6.54 Å². The van der Waals surface area contributed by atoms with Crippen molar-refractivity contribution in [3.05, 3.63) is 71.0 Å². The molecule has 6 nitrogen and oxygen atoms in total. The Hall–Kier alpha value is -2.99. The molecule has 1 heterocycles. The molecular weight excluding hydrogens is 354 g/mol. The van der Waals surface area contributed by atoms with Gasteiger partial charge in [0.15, 0.2) is 0 Å². The predicted molar refractivity (Wildman–Crippen MR) is 100 cm³/mol. The lowest BCUT2D eigenvalue weighted by molar-refractivity contribution is 0.102. The number of halogens is 1. The summed E-state index contributed by atoms with van der Waals surface area (Å²) in [4.78, 5) is 12.5. The fourth-order valence-corrected chi connectivity index (χ4v) is 2.65. The molecular formula is C19H18ClN3O3. The normalized spacial score (nSPS) is 10.4. The van der Waals surface area contributed by atoms with Crippen LogP contribution in [0.25, 0.3) is 0 Å². The fraction of sp³-hybridized carbons (Fsp3) is 0.158. The maximum atomic E-state index is 12.5. The van der Waals surface area contributed by atoms with Gasteiger partial charge in [-0.05, 0) is 11.6 Å². The van der Waals surface area contributed by atoms with Gasteiger partial charge < -0.3 is 14.8 Å². The van der Waals surface area contributed by atoms with Crippen LogP contribution in [0.2, 0.25) is 5.02 Å². The van der Waals surface area contributed by atoms with Gasteiger partial charge >= 0.3 is 0 Å². The van der Waals surface area contributed by atoms with Crippen LogP contribution in [0, 0.1) is 0 Å². The number of amides is 1. The van der Waals surface area contributed by atoms with E-state index in [9.17, 15) is 4.79 Å². The molecule has 0 saturated carbocycles. The van der Waals surface area contributed by atoms with Gasteiger partial charge in [0.05, 0.1) is 32.5 Å². The van der Waals surface area contributed by atoms with E-state index in [1.165, 1.54) is 6.20 Å². The average Bonchev–Trinajstić information content (AvgIpc) is 3.12. The number of aromatic nitrogens is 2. The second kappa shape index (κ2) is 7.93. The molecule has 0 bridgehead atoms. The first-order valence-corrected chi connectivity index (χ1v) is 8.27. The Morgan fingerprint density at radius 3 is 2.50 bits per heavy atom. The van der Waals surface area contributed by atoms with Crippen molar-refractivity contribution in [3.63, 3.8) is 0 Å². The number of benzene rings is 2. The molecule has 0 fully saturated rings. The largest absolute Gasteiger partial charge is 0.497 e. The smallest absolute Gasteiger partial charge is 0.258 e. The molecule has 1 N–H and O–H groups in total. The van der Waals surface area contributed by atoms with Crippen LogP contribution in [0.5, 0.6) is 11.5 Å². The Kier molecular flexibility index (Phi) is 5.43. The standard InChI is InChI=1S/C19H18ClN3O3/c1-25-16-7-15(8-17(9-16)26-2)22-19(24)14-10-21-23(12-14)11-13-5-3-4-6-18(13)20/h3-10,12H,11H2,1-2H3,(H,22,24). The van der Waals surface area contributed by atoms with E-state index in [2.05, 4.69) is 10.4 Å². The number of hydrogen-bond donors (Lipinski definition) is 1. The van der Waals surface area contributed by atoms with Crippen LogP contribution in [0.1, 0.15) is 15.9 Å². The van der Waals surface area contributed by atoms with E-state index in [0.717, 1.165) is 5.56 Å². The third-order valence-corrected chi connectivity index (χ3v) is 4.16. The second-order valence-corrected chi connectivity index (χ2v) is 5.98. The zero-order valence-electron chi connectivity index (χ0n) is 14.4. The van der Waals surface area contributed by atoms with Crippen molar-refractivity contribution in [1.82, 2.24) is 9.78 Å². The number of nitrogens with zero attached hydrogens (tertiary/aromatic N) is 2. The Morgan fingerprint density at radius 2 is 1.85 bits per heavy atom. The number of carbonyl (C=O) groups excluding carboxylic acids is 1. The van der Waals surface area contributed by atoms with Gasteiger partial charge in [-0.2, -0.15) is 5.10 Å². The molecule has 1 aromatic heterocycles. The van der Waals surface area contributed by atoms with E-state index in [-0.39, 0.29) is 5.91 Å². The fourth-order valence-electron chi connectivity index (χ4n) is 2.45. The van der Waals surface area contributed by atoms with Crippen LogP contribution in [-0.4, -0.2) is 29.9 Å². The van der Waals surface area contributed by atoms with E-state index >= 15 is 0 Å². The van der Waals surface area contributed by atoms with Crippen molar-refractivity contribution < 1.29 is 14.3 Å². The molecule has 1 amide bonds. The lowest BCUT2D eigenvalue weighted by atomic mass is 10.2. The van der Waals surface area contributed by atoms with Gasteiger partial charge in [0.25, 0.3) is 5.91 Å². The van der Waals surface area contributed by atoms with Crippen molar-refractivity contribution in [3.8, 4) is 11.5 Å². The highest BCUT2D eigenvalue weighted by molar-refractivity contribution is 6.31. The molecule has 134 valence electrons. The highest BCUT2D eigenvalue weighted by atomic mass is 35.5. The van der Waals surface area contributed by atoms with Gasteiger partial charge in [-0.15, -0.1) is 0 Å². The second-order valence-electron chi connectivity index (χ2n) is 5.57. The first-order valence-electron chi connectivity index (χ1n) is 7.89. The molecule has 0 saturated heterocycles. The summed E-state index contributed by atoms with van der Waals surface area (Å²) in [6.45, 7) is 0.486. The van der Waals surface area contributed by atoms with Crippen LogP contribution in [0.3, 0.4) is 0 Å². The Bertz CT molecular complexity index is 902. The molecule has 0 atom stereocenters. The van der Waals surface area contributed by atoms with Gasteiger partial charge in [0.1, 0.15) is 11.5 Å². The molecule has 3 rings (SSSR count). The summed E-state index contributed by atoms with van der Waals surface area (Å²) in [7, 11) is 3.11. The van der Waals surface area contributed by atoms with E-state index in [1.807, 2.05) is 24.3 Å². The Balaban J connectivity index is 1.73. The first-order chi connectivity index (χ1) is 12.6. The molecule has 7 heteroatoms. The maximum Gasteiger partial charge on any atom is 0.258 e. The lowest BCUT2D eigenvalue weighted by Gasteiger charge is -2.09. The molecule has 0 spiro atoms. The topological polar surface area (TPSA) is 65.4 Å². The summed E-state index contributed by atoms with van der Waals surface area (Å²) < 4.78 is 12.1. The van der Waals surface area contributed by atoms with Crippen LogP contribution < -0.4 is 14.8 Å². The third-order valence-electron chi connectivity index (χ3n) is 3.79. The number of carbonyl (C=O) groups is 1. The summed E-state index contributed by atoms with van der Waals surface area (Å²) >= 11 is 6.16. The van der Waals surface area contributed by atoms with Crippen molar-refractivity contribution in [1.29, 1.82) is 0 Å². The van der Waals surface area contributed by atoms with Gasteiger partial charge in [0, 0.05) is 35.1 Å². The van der Waals surface area contributed by atoms with Gasteiger partial charge in [-0.1, -0.05) is 29.8 Å². The van der Waals surface area contributed by atoms with Crippen molar-refractivity contribution >= 4 is 23.2 Å². The number of anilines is 1. The maximum absolute atomic E-state index is 12.5. The SMILES string of the molecule is COc1cc(NC(=O)c2cnn(Cc3ccccc3Cl)c2)cc(OC)c1. The minimum atomic E-state index is -0.272. The quantitative estimate of drug-likeness (QED) is 0.714. The lowest BCUT2D eigenvalue weighted by Crippen LogP contribution is -2.11. The van der Waals surface area contributed by atoms with Crippen LogP contribution >= 0.6 is 11.6 Å². The van der Waals surface area contributed by atoms with Crippen molar-refractivity contribution in [2.24, 2.45) is 0 Å². The number of ether oxygens (including phenoxy) is 2. The van der Waals surface area contributed by atoms with E-state index in [4.69, 9.17) is 21.1 Å². The molecule has 0 unspecified atom stereocenters. The monoisotopic (exact) mass is 371 g/mol. The Morgan fingerprint density at radius 1 is 1.15 bits per heavy atom. The number of hydrogen-bond acceptors (Lipinski definition) is 4. The average molecular weight is 372 g/mol. The van der Waals surface area contributed by atoms with E-state index in [0.29, 0.717) is 34.3 Å². The predicted octanol–water partition coefficient (Wildman–Crippen LogP) is 3.85. The van der Waals surface area contributed by atoms with Crippen LogP contribution in [-0.2, 0) is 6.54 Å². The van der Waals surface area contributed by atoms with E-state index in [1.54, 1.807) is 43.3 Å². The number of nitrogens with one attached hydrogen (secondary N) is 1. The summed E-state index contributed by atoms with van der Waals surface area (Å²) in [6.07, 6.45) is 3.19. The molecule has 26 heavy (non-hydrogen) atoms. The Labute approximate surface area is 156 Å². The molecule has 2 aromatic carbocycles. The van der Waals surface area contributed by atoms with Gasteiger partial charge in [-0.3, -0.25) is 9.48 Å². The number of rotatable bonds is 6. The summed E-state index contributed by atoms with van der Waals surface area (Å²) in [6, 6.07) is 12.7. The highest BCUT2D eigenvalue weighted by Crippen LogP contribution is 2.26. The summed E-state index contributed by atoms with van der Waals surface area (Å²) in [5.41, 5.74) is 1.95. The third kappa shape index (κ3) is 4.15. The van der Waals surface area contributed by atoms with Gasteiger partial charge in [-0.25, -0.2) is 0 Å². The molecule has 0 radical (unpaired) electrons. The molecule has 0 aliphatic rings. The highest BCUT2D eigenvalue weighted by Gasteiger charge is 2.11. The first kappa shape index (κ1) is 17.8. The summed E-state index contributed by atoms with van der Waals surface area (Å²) in [5.74, 6) is 0.911. The summed E-state index contributed by atoms with van der Waals surface area (Å²) in [5, 5.41) is 7.71. The molecule has 0 aliphatic heterocycles. The van der Waals surface area contributed by atoms with Crippen molar-refractivity contribution in [2.75, 3.05) is 19.5 Å². The minimum absolute atomic E-state index is 0.272. The van der Waals surface area contributed by atoms with Gasteiger partial charge in [0.2, 0.25) is 0 Å². The van der Waals surface area contributed by atoms with E-state index < -0.39 is 0 Å². The van der Waals surface area contributed by atoms with Crippen LogP contribution in [0.15, 0.2) is 54.9 Å². The molecule has 0 aliphatic carbocycles.